The number of alkyl halides is 1. The number of halogens is 1. The zero-order valence-electron chi connectivity index (χ0n) is 41.3. The highest BCUT2D eigenvalue weighted by molar-refractivity contribution is 5.17. The van der Waals surface area contributed by atoms with E-state index in [1.165, 1.54) is 57.8 Å². The molecule has 5 aromatic rings. The maximum atomic E-state index is 17.4. The van der Waals surface area contributed by atoms with Crippen LogP contribution in [0.4, 0.5) is 4.39 Å². The minimum Gasteiger partial charge on any atom is -0.374 e. The van der Waals surface area contributed by atoms with Crippen LogP contribution in [0.25, 0.3) is 10.4 Å². The Morgan fingerprint density at radius 2 is 0.957 bits per heavy atom. The Hall–Kier alpha value is -4.94. The fourth-order valence-electron chi connectivity index (χ4n) is 8.92. The van der Waals surface area contributed by atoms with Gasteiger partial charge in [0.15, 0.2) is 12.5 Å². The lowest BCUT2D eigenvalue weighted by Crippen LogP contribution is -2.60. The number of hydrogen-bond donors (Lipinski definition) is 0. The van der Waals surface area contributed by atoms with Crippen LogP contribution in [0.3, 0.4) is 0 Å². The van der Waals surface area contributed by atoms with Gasteiger partial charge in [0.05, 0.1) is 64.5 Å². The van der Waals surface area contributed by atoms with E-state index in [0.717, 1.165) is 47.1 Å². The van der Waals surface area contributed by atoms with E-state index < -0.39 is 49.0 Å². The van der Waals surface area contributed by atoms with Crippen molar-refractivity contribution in [2.45, 2.75) is 172 Å². The van der Waals surface area contributed by atoms with Crippen molar-refractivity contribution >= 4 is 0 Å². The first kappa shape index (κ1) is 54.4. The number of azide groups is 1. The number of rotatable bonds is 35. The molecule has 0 amide bonds. The molecule has 10 nitrogen and oxygen atoms in total. The number of ether oxygens (including phenoxy) is 7. The summed E-state index contributed by atoms with van der Waals surface area (Å²) >= 11 is 0. The SMILES string of the molecule is CCCCCCCCCCCCCC[C@@H](OCc1ccccc1)[C@@H](OCc1ccccc1)[C@H](CO[C@H]1O[C@H](COCc2ccccc2)[C@H](OCc2ccccc2)[C@H](OCc2ccccc2)[C@H]1F)N=[N+]=[N-]. The van der Waals surface area contributed by atoms with Crippen LogP contribution in [0.5, 0.6) is 0 Å². The maximum absolute atomic E-state index is 17.4. The summed E-state index contributed by atoms with van der Waals surface area (Å²) in [5, 5.41) is 4.30. The van der Waals surface area contributed by atoms with Gasteiger partial charge in [-0.3, -0.25) is 0 Å². The lowest BCUT2D eigenvalue weighted by molar-refractivity contribution is -0.307. The number of unbranched alkanes of at least 4 members (excludes halogenated alkanes) is 11. The van der Waals surface area contributed by atoms with Crippen LogP contribution >= 0.6 is 0 Å². The van der Waals surface area contributed by atoms with Gasteiger partial charge in [0.25, 0.3) is 0 Å². The third-order valence-corrected chi connectivity index (χ3v) is 12.8. The van der Waals surface area contributed by atoms with Crippen molar-refractivity contribution in [3.8, 4) is 0 Å². The molecule has 0 N–H and O–H groups in total. The first-order valence-electron chi connectivity index (χ1n) is 25.8. The summed E-state index contributed by atoms with van der Waals surface area (Å²) in [6, 6.07) is 48.2. The highest BCUT2D eigenvalue weighted by atomic mass is 19.1. The van der Waals surface area contributed by atoms with Crippen molar-refractivity contribution in [3.63, 3.8) is 0 Å². The Morgan fingerprint density at radius 1 is 0.529 bits per heavy atom. The molecule has 376 valence electrons. The zero-order valence-corrected chi connectivity index (χ0v) is 41.3. The quantitative estimate of drug-likeness (QED) is 0.0172. The van der Waals surface area contributed by atoms with Crippen molar-refractivity contribution in [3.05, 3.63) is 190 Å². The summed E-state index contributed by atoms with van der Waals surface area (Å²) in [5.41, 5.74) is 14.9. The summed E-state index contributed by atoms with van der Waals surface area (Å²) in [6.07, 6.45) is 8.22. The Morgan fingerprint density at radius 3 is 1.44 bits per heavy atom. The monoisotopic (exact) mass is 958 g/mol. The van der Waals surface area contributed by atoms with Crippen molar-refractivity contribution in [1.29, 1.82) is 0 Å². The van der Waals surface area contributed by atoms with Crippen molar-refractivity contribution in [1.82, 2.24) is 0 Å². The first-order valence-corrected chi connectivity index (χ1v) is 25.8. The van der Waals surface area contributed by atoms with Gasteiger partial charge in [-0.05, 0) is 39.8 Å². The smallest absolute Gasteiger partial charge is 0.192 e. The molecule has 5 aromatic carbocycles. The molecule has 11 heteroatoms. The van der Waals surface area contributed by atoms with E-state index in [-0.39, 0.29) is 33.0 Å². The van der Waals surface area contributed by atoms with Gasteiger partial charge in [-0.15, -0.1) is 0 Å². The molecular weight excluding hydrogens is 882 g/mol. The summed E-state index contributed by atoms with van der Waals surface area (Å²) in [6.45, 7) is 3.36. The number of hydrogen-bond acceptors (Lipinski definition) is 8. The third-order valence-electron chi connectivity index (χ3n) is 12.8. The molecule has 70 heavy (non-hydrogen) atoms. The fourth-order valence-corrected chi connectivity index (χ4v) is 8.92. The van der Waals surface area contributed by atoms with Crippen LogP contribution < -0.4 is 0 Å². The normalized spacial score (nSPS) is 19.3. The Balaban J connectivity index is 1.20. The molecule has 6 rings (SSSR count). The lowest BCUT2D eigenvalue weighted by atomic mass is 9.98. The predicted octanol–water partition coefficient (Wildman–Crippen LogP) is 14.4. The van der Waals surface area contributed by atoms with E-state index in [1.54, 1.807) is 0 Å². The molecule has 0 radical (unpaired) electrons. The Bertz CT molecular complexity index is 2120. The van der Waals surface area contributed by atoms with E-state index in [9.17, 15) is 5.53 Å². The highest BCUT2D eigenvalue weighted by Crippen LogP contribution is 2.32. The van der Waals surface area contributed by atoms with Crippen LogP contribution in [0, 0.1) is 0 Å². The molecule has 0 unspecified atom stereocenters. The van der Waals surface area contributed by atoms with Gasteiger partial charge in [-0.2, -0.15) is 0 Å². The fraction of sp³-hybridized carbons (Fsp3) is 0.492. The van der Waals surface area contributed by atoms with Gasteiger partial charge in [-0.25, -0.2) is 4.39 Å². The largest absolute Gasteiger partial charge is 0.374 e. The highest BCUT2D eigenvalue weighted by Gasteiger charge is 2.49. The molecule has 1 heterocycles. The van der Waals surface area contributed by atoms with Gasteiger partial charge in [0.1, 0.15) is 18.3 Å². The van der Waals surface area contributed by atoms with Gasteiger partial charge in [0.2, 0.25) is 0 Å². The van der Waals surface area contributed by atoms with Crippen LogP contribution in [0.15, 0.2) is 157 Å². The molecule has 8 atom stereocenters. The summed E-state index contributed by atoms with van der Waals surface area (Å²) in [5.74, 6) is 0. The molecule has 1 fully saturated rings. The summed E-state index contributed by atoms with van der Waals surface area (Å²) in [7, 11) is 0. The van der Waals surface area contributed by atoms with Gasteiger partial charge >= 0.3 is 0 Å². The lowest BCUT2D eigenvalue weighted by Gasteiger charge is -2.43. The standard InChI is InChI=1S/C59H76FN3O7/c1-2-3-4-5-6-7-8-9-10-11-12-28-39-53(65-41-48-31-20-14-21-32-48)56(66-42-49-33-22-15-23-34-49)52(62-63-61)45-69-59-55(60)58(68-44-51-37-26-17-27-38-51)57(67-43-50-35-24-16-25-36-50)54(70-59)46-64-40-47-29-18-13-19-30-47/h13-27,29-38,52-59H,2-12,28,39-46H2,1H3/t52-,53+,54+,55+,56-,57-,58+,59-/m0/s1. The first-order chi connectivity index (χ1) is 34.6. The predicted molar refractivity (Wildman–Crippen MR) is 274 cm³/mol. The van der Waals surface area contributed by atoms with Crippen LogP contribution in [-0.4, -0.2) is 62.2 Å². The van der Waals surface area contributed by atoms with E-state index >= 15 is 4.39 Å². The molecule has 0 aliphatic carbocycles. The molecule has 0 spiro atoms. The third kappa shape index (κ3) is 19.7. The Labute approximate surface area is 416 Å². The average Bonchev–Trinajstić information content (AvgIpc) is 3.40. The van der Waals surface area contributed by atoms with E-state index in [1.807, 2.05) is 152 Å². The molecule has 1 aliphatic rings. The van der Waals surface area contributed by atoms with Crippen LogP contribution in [0.1, 0.15) is 118 Å². The molecule has 0 saturated carbocycles. The second-order valence-electron chi connectivity index (χ2n) is 18.4. The number of benzene rings is 5. The summed E-state index contributed by atoms with van der Waals surface area (Å²) in [4.78, 5) is 3.30. The molecule has 1 saturated heterocycles. The van der Waals surface area contributed by atoms with Gasteiger partial charge in [0, 0.05) is 4.91 Å². The second kappa shape index (κ2) is 32.9. The van der Waals surface area contributed by atoms with Crippen molar-refractivity contribution in [2.24, 2.45) is 5.11 Å². The minimum atomic E-state index is -1.79. The average molecular weight is 958 g/mol. The maximum Gasteiger partial charge on any atom is 0.192 e. The Kier molecular flexibility index (Phi) is 25.5. The van der Waals surface area contributed by atoms with Gasteiger partial charge < -0.3 is 33.2 Å². The van der Waals surface area contributed by atoms with Crippen LogP contribution in [0.2, 0.25) is 0 Å². The summed E-state index contributed by atoms with van der Waals surface area (Å²) < 4.78 is 63.2. The molecule has 0 bridgehead atoms. The van der Waals surface area contributed by atoms with Crippen molar-refractivity contribution < 1.29 is 37.5 Å². The molecular formula is C59H76FN3O7. The topological polar surface area (TPSA) is 113 Å². The van der Waals surface area contributed by atoms with Gasteiger partial charge in [-0.1, -0.05) is 241 Å². The molecule has 0 aromatic heterocycles. The van der Waals surface area contributed by atoms with E-state index in [4.69, 9.17) is 33.2 Å². The van der Waals surface area contributed by atoms with E-state index in [0.29, 0.717) is 19.6 Å². The van der Waals surface area contributed by atoms with E-state index in [2.05, 4.69) is 16.9 Å². The zero-order chi connectivity index (χ0) is 48.7. The number of nitrogens with zero attached hydrogens (tertiary/aromatic N) is 3. The van der Waals surface area contributed by atoms with Crippen LogP contribution in [-0.2, 0) is 66.2 Å². The van der Waals surface area contributed by atoms with Crippen molar-refractivity contribution in [2.75, 3.05) is 13.2 Å². The molecule has 1 aliphatic heterocycles. The minimum absolute atomic E-state index is 0.0726. The second-order valence-corrected chi connectivity index (χ2v) is 18.4.